The van der Waals surface area contributed by atoms with Gasteiger partial charge in [0.2, 0.25) is 0 Å². The number of aryl methyl sites for hydroxylation is 1. The van der Waals surface area contributed by atoms with Crippen LogP contribution in [0.15, 0.2) is 29.6 Å². The van der Waals surface area contributed by atoms with Crippen molar-refractivity contribution in [3.05, 3.63) is 40.8 Å². The second-order valence-corrected chi connectivity index (χ2v) is 6.81. The van der Waals surface area contributed by atoms with E-state index in [0.29, 0.717) is 6.04 Å². The summed E-state index contributed by atoms with van der Waals surface area (Å²) < 4.78 is 0. The topological polar surface area (TPSA) is 24.9 Å². The zero-order valence-corrected chi connectivity index (χ0v) is 14.5. The third kappa shape index (κ3) is 3.30. The minimum absolute atomic E-state index is 0.416. The van der Waals surface area contributed by atoms with E-state index in [4.69, 9.17) is 11.4 Å². The fourth-order valence-electron chi connectivity index (χ4n) is 2.59. The van der Waals surface area contributed by atoms with E-state index >= 15 is 0 Å². The minimum atomic E-state index is 0.416. The quantitative estimate of drug-likeness (QED) is 0.707. The van der Waals surface area contributed by atoms with Crippen LogP contribution in [0.2, 0.25) is 0 Å². The molecule has 2 nitrogen and oxygen atoms in total. The van der Waals surface area contributed by atoms with E-state index in [-0.39, 0.29) is 0 Å². The fraction of sp³-hybridized carbons (Fsp3) is 0.263. The first-order valence-corrected chi connectivity index (χ1v) is 8.74. The molecule has 0 unspecified atom stereocenters. The molecule has 0 spiro atoms. The monoisotopic (exact) mass is 318 g/mol. The van der Waals surface area contributed by atoms with Gasteiger partial charge in [0, 0.05) is 0 Å². The number of terminal acetylenes is 1. The Labute approximate surface area is 142 Å². The Hall–Kier alpha value is -2.12. The van der Waals surface area contributed by atoms with Crippen molar-refractivity contribution >= 4 is 34.0 Å². The van der Waals surface area contributed by atoms with Gasteiger partial charge >= 0.3 is 142 Å². The second-order valence-electron chi connectivity index (χ2n) is 5.90. The molecule has 4 heteroatoms. The third-order valence-corrected chi connectivity index (χ3v) is 4.63. The van der Waals surface area contributed by atoms with Crippen molar-refractivity contribution in [2.45, 2.75) is 33.2 Å². The molecule has 0 atom stereocenters. The summed E-state index contributed by atoms with van der Waals surface area (Å²) in [5, 5.41) is 6.60. The Morgan fingerprint density at radius 1 is 1.35 bits per heavy atom. The number of hydrogen-bond acceptors (Lipinski definition) is 3. The first kappa shape index (κ1) is 15.8. The molecular formula is C19H19BN2S. The summed E-state index contributed by atoms with van der Waals surface area (Å²) in [5.74, 6) is 2.80. The Balaban J connectivity index is 2.10. The molecule has 0 aliphatic heterocycles. The number of rotatable bonds is 4. The van der Waals surface area contributed by atoms with Crippen molar-refractivity contribution in [2.75, 3.05) is 5.32 Å². The Morgan fingerprint density at radius 3 is 2.87 bits per heavy atom. The molecule has 3 aromatic rings. The number of fused-ring (bicyclic) bond motifs is 1. The van der Waals surface area contributed by atoms with Crippen molar-refractivity contribution in [1.29, 1.82) is 0 Å². The normalized spacial score (nSPS) is 10.7. The maximum atomic E-state index is 5.72. The molecule has 2 aromatic heterocycles. The van der Waals surface area contributed by atoms with Gasteiger partial charge in [-0.1, -0.05) is 0 Å². The Bertz CT molecular complexity index is 890. The number of nitrogens with one attached hydrogen (secondary N) is 1. The van der Waals surface area contributed by atoms with E-state index in [2.05, 4.69) is 62.5 Å². The van der Waals surface area contributed by atoms with Gasteiger partial charge in [-0.05, 0) is 0 Å². The van der Waals surface area contributed by atoms with Gasteiger partial charge < -0.3 is 0 Å². The average Bonchev–Trinajstić information content (AvgIpc) is 3.00. The van der Waals surface area contributed by atoms with Gasteiger partial charge in [0.05, 0.1) is 0 Å². The molecule has 0 amide bonds. The van der Waals surface area contributed by atoms with E-state index in [1.165, 1.54) is 5.56 Å². The van der Waals surface area contributed by atoms with Crippen LogP contribution in [0.5, 0.6) is 0 Å². The summed E-state index contributed by atoms with van der Waals surface area (Å²) in [6.07, 6.45) is 6.71. The van der Waals surface area contributed by atoms with Crippen molar-refractivity contribution < 1.29 is 0 Å². The van der Waals surface area contributed by atoms with Gasteiger partial charge in [0.15, 0.2) is 0 Å². The number of anilines is 1. The van der Waals surface area contributed by atoms with Crippen LogP contribution in [0.25, 0.3) is 22.1 Å². The van der Waals surface area contributed by atoms with Crippen molar-refractivity contribution in [2.24, 2.45) is 0 Å². The van der Waals surface area contributed by atoms with Gasteiger partial charge in [-0.2, -0.15) is 0 Å². The molecule has 0 radical (unpaired) electrons. The van der Waals surface area contributed by atoms with E-state index in [9.17, 15) is 0 Å². The molecule has 1 N–H and O–H groups in total. The molecule has 114 valence electrons. The van der Waals surface area contributed by atoms with Gasteiger partial charge in [0.25, 0.3) is 0 Å². The molecule has 0 saturated heterocycles. The van der Waals surface area contributed by atoms with Crippen molar-refractivity contribution in [3.8, 4) is 23.5 Å². The van der Waals surface area contributed by atoms with E-state index in [1.54, 1.807) is 11.3 Å². The molecule has 0 aliphatic rings. The standard InChI is InChI=1S/C19H19BN2S/c1-5-13-7-8-15-14(6-2)10-18(22-17(15)9-13)16-11-23-19(20-16)21-12(3)4/h2,7-12,21H,5H2,1,3-4H3. The molecule has 0 aliphatic carbocycles. The van der Waals surface area contributed by atoms with E-state index in [1.807, 2.05) is 6.07 Å². The van der Waals surface area contributed by atoms with Crippen LogP contribution < -0.4 is 5.32 Å². The first-order chi connectivity index (χ1) is 11.1. The van der Waals surface area contributed by atoms with E-state index in [0.717, 1.165) is 38.9 Å². The molecule has 23 heavy (non-hydrogen) atoms. The van der Waals surface area contributed by atoms with Crippen LogP contribution in [0.1, 0.15) is 31.9 Å². The summed E-state index contributed by atoms with van der Waals surface area (Å²) in [6.45, 7) is 8.56. The summed E-state index contributed by atoms with van der Waals surface area (Å²) in [5.41, 5.74) is 5.19. The molecule has 0 bridgehead atoms. The number of aromatic nitrogens is 1. The Morgan fingerprint density at radius 2 is 2.17 bits per heavy atom. The average molecular weight is 318 g/mol. The zero-order valence-electron chi connectivity index (χ0n) is 13.7. The zero-order chi connectivity index (χ0) is 16.4. The van der Waals surface area contributed by atoms with Crippen LogP contribution in [-0.2, 0) is 6.42 Å². The molecule has 2 heterocycles. The van der Waals surface area contributed by atoms with Gasteiger partial charge in [0.1, 0.15) is 0 Å². The maximum absolute atomic E-state index is 5.72. The fourth-order valence-corrected chi connectivity index (χ4v) is 3.53. The second kappa shape index (κ2) is 6.56. The van der Waals surface area contributed by atoms with Crippen LogP contribution >= 0.6 is 11.3 Å². The molecule has 0 fully saturated rings. The van der Waals surface area contributed by atoms with Crippen LogP contribution in [0.3, 0.4) is 0 Å². The third-order valence-electron chi connectivity index (χ3n) is 3.76. The number of pyridine rings is 1. The molecule has 1 aromatic carbocycles. The van der Waals surface area contributed by atoms with Crippen LogP contribution in [0, 0.1) is 12.3 Å². The van der Waals surface area contributed by atoms with Crippen molar-refractivity contribution in [3.63, 3.8) is 0 Å². The van der Waals surface area contributed by atoms with E-state index < -0.39 is 0 Å². The summed E-state index contributed by atoms with van der Waals surface area (Å²) in [7, 11) is 0. The number of hydrogen-bond donors (Lipinski definition) is 1. The SMILES string of the molecule is C#Cc1cc(-c2bc(NC(C)C)sc2)nc2cc(CC)ccc12. The van der Waals surface area contributed by atoms with Gasteiger partial charge in [-0.15, -0.1) is 0 Å². The summed E-state index contributed by atoms with van der Waals surface area (Å²) in [6, 6.07) is 8.77. The summed E-state index contributed by atoms with van der Waals surface area (Å²) in [4.78, 5) is 5.99. The summed E-state index contributed by atoms with van der Waals surface area (Å²) >= 11 is 1.70. The van der Waals surface area contributed by atoms with Crippen molar-refractivity contribution in [1.82, 2.24) is 4.98 Å². The number of nitrogens with zero attached hydrogens (tertiary/aromatic N) is 1. The Kier molecular flexibility index (Phi) is 4.50. The first-order valence-electron chi connectivity index (χ1n) is 7.86. The predicted molar refractivity (Wildman–Crippen MR) is 102 cm³/mol. The molecule has 0 saturated carbocycles. The molecule has 3 rings (SSSR count). The van der Waals surface area contributed by atoms with Gasteiger partial charge in [-0.3, -0.25) is 0 Å². The number of benzene rings is 1. The van der Waals surface area contributed by atoms with Crippen LogP contribution in [0.4, 0.5) is 4.90 Å². The molecular weight excluding hydrogens is 299 g/mol. The predicted octanol–water partition coefficient (Wildman–Crippen LogP) is 4.67. The van der Waals surface area contributed by atoms with Crippen LogP contribution in [-0.4, -0.2) is 17.9 Å². The van der Waals surface area contributed by atoms with Gasteiger partial charge in [-0.25, -0.2) is 0 Å².